The van der Waals surface area contributed by atoms with E-state index in [9.17, 15) is 53.1 Å². The Morgan fingerprint density at radius 2 is 1.63 bits per heavy atom. The number of ether oxygens (including phenoxy) is 2. The van der Waals surface area contributed by atoms with Gasteiger partial charge < -0.3 is 41.0 Å². The van der Waals surface area contributed by atoms with Gasteiger partial charge in [0.1, 0.15) is 25.4 Å². The molecule has 3 fully saturated rings. The van der Waals surface area contributed by atoms with Crippen LogP contribution in [0, 0.1) is 28.6 Å². The van der Waals surface area contributed by atoms with Crippen molar-refractivity contribution < 1.29 is 67.6 Å². The first-order valence-electron chi connectivity index (χ1n) is 21.1. The quantitative estimate of drug-likeness (QED) is 0.0339. The fourth-order valence-electron chi connectivity index (χ4n) is 10.5. The molecule has 0 saturated heterocycles. The number of carbonyl (C=O) groups excluding carboxylic acids is 9. The number of fused-ring (bicyclic) bond motifs is 5. The monoisotopic (exact) mass is 901 g/mol. The minimum Gasteiger partial charge on any atom is -0.481 e. The van der Waals surface area contributed by atoms with E-state index in [0.717, 1.165) is 22.6 Å². The summed E-state index contributed by atoms with van der Waals surface area (Å²) in [7, 11) is 0. The van der Waals surface area contributed by atoms with Gasteiger partial charge in [-0.15, -0.1) is 11.6 Å². The number of carboxylic acid groups (broad SMARTS) is 1. The SMILES string of the molecule is CCC(=O)O[C@]1(C(=O)COCNC(=O)CNC(=O)[C@H](C)NC(=O)[C@H](CCC(=O)O)NC(=O)CCN2C(=O)C=CC2=O)[C@@H](C)CC2[C@@H]3CCC4=CC(=O)C=C[C@]4(C)[C@@]3(Cl)[C@@H](O)C[C@@]21C. The number of carboxylic acids is 1. The van der Waals surface area contributed by atoms with Crippen molar-refractivity contribution in [1.82, 2.24) is 26.2 Å². The van der Waals surface area contributed by atoms with Crippen LogP contribution in [0.4, 0.5) is 0 Å². The van der Waals surface area contributed by atoms with Gasteiger partial charge in [-0.1, -0.05) is 39.3 Å². The standard InChI is InChI=1S/C43H56ClN5O14/c1-6-37(59)63-43(23(2)17-28-27-8-7-25-18-26(50)13-15-40(25,4)42(27,44)30(51)19-41(28,43)5)31(52)21-62-22-46-33(54)20-45-38(60)24(3)47-39(61)29(9-12-36(57)58)48-32(53)14-16-49-34(55)10-11-35(49)56/h10-11,13,15,18,23-24,27-30,51H,6-9,12,14,16-17,19-22H2,1-5H3,(H,45,60)(H,46,54)(H,47,61)(H,48,53)(H,57,58)/t23-,24-,27-,28?,29-,30-,40-,41-,42-,43-/m0/s1. The Hall–Kier alpha value is -5.27. The molecule has 1 aliphatic heterocycles. The van der Waals surface area contributed by atoms with Gasteiger partial charge in [-0.3, -0.25) is 52.8 Å². The van der Waals surface area contributed by atoms with Crippen molar-refractivity contribution in [3.8, 4) is 0 Å². The number of Topliss-reactive ketones (excluding diaryl/α,β-unsaturated/α-hetero) is 1. The molecule has 20 heteroatoms. The van der Waals surface area contributed by atoms with E-state index in [1.807, 2.05) is 20.8 Å². The summed E-state index contributed by atoms with van der Waals surface area (Å²) in [6.07, 6.45) is 6.12. The molecule has 6 N–H and O–H groups in total. The number of hydrogen-bond donors (Lipinski definition) is 6. The number of rotatable bonds is 19. The molecule has 0 aromatic rings. The van der Waals surface area contributed by atoms with Crippen LogP contribution < -0.4 is 21.3 Å². The second-order valence-corrected chi connectivity index (χ2v) is 18.0. The summed E-state index contributed by atoms with van der Waals surface area (Å²) >= 11 is 7.57. The Bertz CT molecular complexity index is 2020. The van der Waals surface area contributed by atoms with Crippen molar-refractivity contribution in [2.45, 2.75) is 115 Å². The third-order valence-electron chi connectivity index (χ3n) is 13.7. The highest BCUT2D eigenvalue weighted by molar-refractivity contribution is 6.26. The molecule has 0 aromatic carbocycles. The number of allylic oxidation sites excluding steroid dienone is 4. The summed E-state index contributed by atoms with van der Waals surface area (Å²) < 4.78 is 11.8. The van der Waals surface area contributed by atoms with E-state index < -0.39 is 125 Å². The topological polar surface area (TPSA) is 281 Å². The predicted octanol–water partition coefficient (Wildman–Crippen LogP) is 0.510. The number of aliphatic hydroxyl groups is 1. The van der Waals surface area contributed by atoms with Crippen LogP contribution in [-0.4, -0.2) is 129 Å². The second kappa shape index (κ2) is 19.2. The number of nitrogens with one attached hydrogen (secondary N) is 4. The Morgan fingerprint density at radius 1 is 0.952 bits per heavy atom. The summed E-state index contributed by atoms with van der Waals surface area (Å²) in [5.74, 6) is -8.04. The highest BCUT2D eigenvalue weighted by Gasteiger charge is 2.76. The highest BCUT2D eigenvalue weighted by atomic mass is 35.5. The van der Waals surface area contributed by atoms with Crippen molar-refractivity contribution in [2.75, 3.05) is 26.4 Å². The lowest BCUT2D eigenvalue weighted by Crippen LogP contribution is -2.69. The van der Waals surface area contributed by atoms with Gasteiger partial charge in [0.2, 0.25) is 29.4 Å². The number of esters is 1. The Balaban J connectivity index is 1.14. The Morgan fingerprint density at radius 3 is 2.29 bits per heavy atom. The second-order valence-electron chi connectivity index (χ2n) is 17.4. The molecule has 63 heavy (non-hydrogen) atoms. The zero-order valence-corrected chi connectivity index (χ0v) is 36.7. The number of ketones is 2. The van der Waals surface area contributed by atoms with E-state index in [0.29, 0.717) is 19.3 Å². The number of halogens is 1. The van der Waals surface area contributed by atoms with Crippen LogP contribution in [0.3, 0.4) is 0 Å². The first-order chi connectivity index (χ1) is 29.5. The van der Waals surface area contributed by atoms with Crippen molar-refractivity contribution in [3.63, 3.8) is 0 Å². The molecule has 5 rings (SSSR count). The normalized spacial score (nSPS) is 31.4. The third kappa shape index (κ3) is 9.36. The van der Waals surface area contributed by atoms with Gasteiger partial charge in [-0.25, -0.2) is 0 Å². The van der Waals surface area contributed by atoms with Crippen LogP contribution in [0.2, 0.25) is 0 Å². The van der Waals surface area contributed by atoms with Gasteiger partial charge >= 0.3 is 11.9 Å². The number of aliphatic hydroxyl groups excluding tert-OH is 1. The van der Waals surface area contributed by atoms with Crippen LogP contribution in [0.15, 0.2) is 36.0 Å². The zero-order valence-electron chi connectivity index (χ0n) is 36.0. The number of aliphatic carboxylic acids is 1. The molecule has 1 heterocycles. The minimum atomic E-state index is -1.71. The van der Waals surface area contributed by atoms with Crippen molar-refractivity contribution in [2.24, 2.45) is 28.6 Å². The fourth-order valence-corrected chi connectivity index (χ4v) is 11.0. The van der Waals surface area contributed by atoms with Gasteiger partial charge in [-0.2, -0.15) is 0 Å². The van der Waals surface area contributed by atoms with E-state index in [1.54, 1.807) is 19.1 Å². The molecule has 344 valence electrons. The molecular weight excluding hydrogens is 846 g/mol. The first-order valence-corrected chi connectivity index (χ1v) is 21.5. The van der Waals surface area contributed by atoms with Gasteiger partial charge in [0, 0.05) is 54.7 Å². The lowest BCUT2D eigenvalue weighted by molar-refractivity contribution is -0.203. The molecular formula is C43H56ClN5O14. The lowest BCUT2D eigenvalue weighted by Gasteiger charge is -2.64. The zero-order chi connectivity index (χ0) is 46.7. The molecule has 0 aromatic heterocycles. The molecule has 0 bridgehead atoms. The van der Waals surface area contributed by atoms with Gasteiger partial charge in [0.05, 0.1) is 17.5 Å². The van der Waals surface area contributed by atoms with Crippen LogP contribution in [-0.2, 0) is 57.4 Å². The number of hydrogen-bond acceptors (Lipinski definition) is 13. The minimum absolute atomic E-state index is 0.0168. The van der Waals surface area contributed by atoms with Gasteiger partial charge in [0.25, 0.3) is 11.8 Å². The van der Waals surface area contributed by atoms with Gasteiger partial charge in [0.15, 0.2) is 11.4 Å². The predicted molar refractivity (Wildman–Crippen MR) is 221 cm³/mol. The summed E-state index contributed by atoms with van der Waals surface area (Å²) in [5, 5.41) is 30.6. The van der Waals surface area contributed by atoms with Gasteiger partial charge in [-0.05, 0) is 63.0 Å². The maximum atomic E-state index is 14.4. The first kappa shape index (κ1) is 48.8. The summed E-state index contributed by atoms with van der Waals surface area (Å²) in [6, 6.07) is -2.64. The molecule has 0 spiro atoms. The van der Waals surface area contributed by atoms with Crippen LogP contribution in [0.25, 0.3) is 0 Å². The largest absolute Gasteiger partial charge is 0.481 e. The van der Waals surface area contributed by atoms with E-state index in [2.05, 4.69) is 21.3 Å². The molecule has 10 atom stereocenters. The van der Waals surface area contributed by atoms with Crippen LogP contribution in [0.5, 0.6) is 0 Å². The average Bonchev–Trinajstić information content (AvgIpc) is 3.66. The summed E-state index contributed by atoms with van der Waals surface area (Å²) in [5.41, 5.74) is -2.76. The smallest absolute Gasteiger partial charge is 0.306 e. The number of alkyl halides is 1. The van der Waals surface area contributed by atoms with E-state index in [-0.39, 0.29) is 49.8 Å². The van der Waals surface area contributed by atoms with Crippen molar-refractivity contribution in [1.29, 1.82) is 0 Å². The molecule has 4 aliphatic carbocycles. The van der Waals surface area contributed by atoms with Crippen LogP contribution >= 0.6 is 11.6 Å². The molecule has 19 nitrogen and oxygen atoms in total. The molecule has 0 radical (unpaired) electrons. The number of imide groups is 1. The Kier molecular flexibility index (Phi) is 14.9. The van der Waals surface area contributed by atoms with E-state index in [4.69, 9.17) is 26.2 Å². The van der Waals surface area contributed by atoms with E-state index >= 15 is 0 Å². The summed E-state index contributed by atoms with van der Waals surface area (Å²) in [4.78, 5) is 125. The summed E-state index contributed by atoms with van der Waals surface area (Å²) in [6.45, 7) is 6.59. The highest BCUT2D eigenvalue weighted by Crippen LogP contribution is 2.72. The fraction of sp³-hybridized carbons (Fsp3) is 0.628. The number of nitrogens with zero attached hydrogens (tertiary/aromatic N) is 1. The maximum absolute atomic E-state index is 14.4. The number of amides is 6. The molecule has 1 unspecified atom stereocenters. The molecule has 3 saturated carbocycles. The van der Waals surface area contributed by atoms with Crippen molar-refractivity contribution >= 4 is 70.5 Å². The molecule has 5 aliphatic rings. The average molecular weight is 902 g/mol. The Labute approximate surface area is 369 Å². The number of carbonyl (C=O) groups is 10. The van der Waals surface area contributed by atoms with Crippen molar-refractivity contribution in [3.05, 3.63) is 36.0 Å². The van der Waals surface area contributed by atoms with E-state index in [1.165, 1.54) is 13.0 Å². The van der Waals surface area contributed by atoms with Crippen LogP contribution in [0.1, 0.15) is 86.0 Å². The lowest BCUT2D eigenvalue weighted by atomic mass is 9.45. The third-order valence-corrected chi connectivity index (χ3v) is 14.6. The maximum Gasteiger partial charge on any atom is 0.306 e. The molecule has 6 amide bonds.